The molecule has 0 aliphatic carbocycles. The SMILES string of the molecule is Cc1nccc(Nc2ncc(Cl)c(-c3ccc4c(c3)C(=O)N([C@H](C)C(=O)N[C@H](CO)c3cccc(F)c3)C4)n2)n1. The van der Waals surface area contributed by atoms with Gasteiger partial charge in [-0.05, 0) is 49.2 Å². The molecule has 0 fully saturated rings. The average Bonchev–Trinajstić information content (AvgIpc) is 3.27. The van der Waals surface area contributed by atoms with Gasteiger partial charge in [0.1, 0.15) is 23.5 Å². The number of carbonyl (C=O) groups excluding carboxylic acids is 2. The number of halogens is 2. The van der Waals surface area contributed by atoms with Gasteiger partial charge in [-0.2, -0.15) is 0 Å². The molecule has 5 rings (SSSR count). The first-order chi connectivity index (χ1) is 19.2. The smallest absolute Gasteiger partial charge is 0.255 e. The fraction of sp³-hybridized carbons (Fsp3) is 0.214. The minimum absolute atomic E-state index is 0.226. The highest BCUT2D eigenvalue weighted by Gasteiger charge is 2.35. The highest BCUT2D eigenvalue weighted by atomic mass is 35.5. The molecule has 0 radical (unpaired) electrons. The van der Waals surface area contributed by atoms with Crippen molar-refractivity contribution in [1.82, 2.24) is 30.2 Å². The molecule has 0 bridgehead atoms. The number of aliphatic hydroxyl groups excluding tert-OH is 1. The van der Waals surface area contributed by atoms with Crippen molar-refractivity contribution in [3.63, 3.8) is 0 Å². The molecule has 12 heteroatoms. The zero-order valence-electron chi connectivity index (χ0n) is 21.6. The zero-order valence-corrected chi connectivity index (χ0v) is 22.4. The molecule has 2 aromatic heterocycles. The number of benzene rings is 2. The van der Waals surface area contributed by atoms with Crippen molar-refractivity contribution >= 4 is 35.2 Å². The van der Waals surface area contributed by atoms with E-state index < -0.39 is 30.4 Å². The molecule has 3 N–H and O–H groups in total. The maximum absolute atomic E-state index is 13.7. The van der Waals surface area contributed by atoms with Gasteiger partial charge in [0.25, 0.3) is 5.91 Å². The molecule has 1 aliphatic heterocycles. The van der Waals surface area contributed by atoms with Crippen LogP contribution in [0.3, 0.4) is 0 Å². The number of fused-ring (bicyclic) bond motifs is 1. The third kappa shape index (κ3) is 5.61. The van der Waals surface area contributed by atoms with Crippen molar-refractivity contribution in [2.45, 2.75) is 32.5 Å². The van der Waals surface area contributed by atoms with Crippen LogP contribution in [-0.4, -0.2) is 54.4 Å². The van der Waals surface area contributed by atoms with Crippen molar-refractivity contribution in [3.8, 4) is 11.3 Å². The Morgan fingerprint density at radius 3 is 2.75 bits per heavy atom. The fourth-order valence-electron chi connectivity index (χ4n) is 4.45. The molecule has 0 saturated heterocycles. The summed E-state index contributed by atoms with van der Waals surface area (Å²) in [7, 11) is 0. The Bertz CT molecular complexity index is 1600. The summed E-state index contributed by atoms with van der Waals surface area (Å²) >= 11 is 6.42. The van der Waals surface area contributed by atoms with E-state index in [2.05, 4.69) is 30.6 Å². The summed E-state index contributed by atoms with van der Waals surface area (Å²) < 4.78 is 13.7. The van der Waals surface area contributed by atoms with Gasteiger partial charge in [-0.3, -0.25) is 9.59 Å². The molecular weight excluding hydrogens is 537 g/mol. The largest absolute Gasteiger partial charge is 0.394 e. The van der Waals surface area contributed by atoms with Crippen LogP contribution in [0.5, 0.6) is 0 Å². The minimum Gasteiger partial charge on any atom is -0.394 e. The van der Waals surface area contributed by atoms with Crippen molar-refractivity contribution in [1.29, 1.82) is 0 Å². The summed E-state index contributed by atoms with van der Waals surface area (Å²) in [4.78, 5) is 44.9. The number of nitrogens with one attached hydrogen (secondary N) is 2. The zero-order chi connectivity index (χ0) is 28.4. The standard InChI is InChI=1S/C28H25ClFN7O3/c1-15(26(39)34-23(14-38)17-4-3-5-20(30)10-17)37-13-19-7-6-18(11-21(19)27(37)40)25-22(29)12-32-28(36-25)35-24-8-9-31-16(2)33-24/h3-12,15,23,38H,13-14H2,1-2H3,(H,34,39)(H,31,32,33,35,36)/t15-,23-/m1/s1. The fourth-order valence-corrected chi connectivity index (χ4v) is 4.65. The van der Waals surface area contributed by atoms with Crippen LogP contribution in [0.2, 0.25) is 5.02 Å². The summed E-state index contributed by atoms with van der Waals surface area (Å²) in [5.74, 6) is 0.103. The second-order valence-corrected chi connectivity index (χ2v) is 9.69. The van der Waals surface area contributed by atoms with E-state index in [-0.39, 0.29) is 18.4 Å². The van der Waals surface area contributed by atoms with Crippen LogP contribution in [0.1, 0.15) is 40.3 Å². The van der Waals surface area contributed by atoms with Gasteiger partial charge >= 0.3 is 0 Å². The molecule has 2 amide bonds. The molecule has 2 atom stereocenters. The highest BCUT2D eigenvalue weighted by Crippen LogP contribution is 2.32. The van der Waals surface area contributed by atoms with Crippen LogP contribution >= 0.6 is 11.6 Å². The van der Waals surface area contributed by atoms with Crippen LogP contribution in [0.25, 0.3) is 11.3 Å². The van der Waals surface area contributed by atoms with Gasteiger partial charge in [0.2, 0.25) is 11.9 Å². The molecular formula is C28H25ClFN7O3. The van der Waals surface area contributed by atoms with Gasteiger partial charge in [-0.15, -0.1) is 0 Å². The van der Waals surface area contributed by atoms with Gasteiger partial charge in [0, 0.05) is 23.9 Å². The van der Waals surface area contributed by atoms with Gasteiger partial charge in [-0.25, -0.2) is 24.3 Å². The molecule has 10 nitrogen and oxygen atoms in total. The first-order valence-corrected chi connectivity index (χ1v) is 12.8. The van der Waals surface area contributed by atoms with Crippen molar-refractivity contribution in [2.75, 3.05) is 11.9 Å². The summed E-state index contributed by atoms with van der Waals surface area (Å²) in [6.07, 6.45) is 3.08. The summed E-state index contributed by atoms with van der Waals surface area (Å²) in [6, 6.07) is 11.0. The Morgan fingerprint density at radius 2 is 2.00 bits per heavy atom. The third-order valence-corrected chi connectivity index (χ3v) is 6.85. The Balaban J connectivity index is 1.33. The Hall–Kier alpha value is -4.48. The Labute approximate surface area is 234 Å². The molecule has 1 aliphatic rings. The van der Waals surface area contributed by atoms with Gasteiger partial charge in [0.15, 0.2) is 0 Å². The van der Waals surface area contributed by atoms with E-state index in [9.17, 15) is 19.1 Å². The molecule has 204 valence electrons. The Morgan fingerprint density at radius 1 is 1.18 bits per heavy atom. The lowest BCUT2D eigenvalue weighted by molar-refractivity contribution is -0.126. The lowest BCUT2D eigenvalue weighted by Crippen LogP contribution is -2.46. The van der Waals surface area contributed by atoms with Crippen LogP contribution in [0.4, 0.5) is 16.2 Å². The van der Waals surface area contributed by atoms with Crippen LogP contribution in [0.15, 0.2) is 60.9 Å². The lowest BCUT2D eigenvalue weighted by atomic mass is 10.0. The van der Waals surface area contributed by atoms with E-state index in [0.29, 0.717) is 39.0 Å². The van der Waals surface area contributed by atoms with Gasteiger partial charge < -0.3 is 20.6 Å². The van der Waals surface area contributed by atoms with E-state index in [1.807, 2.05) is 0 Å². The first-order valence-electron chi connectivity index (χ1n) is 12.4. The molecule has 40 heavy (non-hydrogen) atoms. The Kier molecular flexibility index (Phi) is 7.67. The number of hydrogen-bond acceptors (Lipinski definition) is 8. The number of amides is 2. The second-order valence-electron chi connectivity index (χ2n) is 9.28. The number of aromatic nitrogens is 4. The number of nitrogens with zero attached hydrogens (tertiary/aromatic N) is 5. The minimum atomic E-state index is -0.847. The van der Waals surface area contributed by atoms with Crippen LogP contribution in [0, 0.1) is 12.7 Å². The summed E-state index contributed by atoms with van der Waals surface area (Å²) in [6.45, 7) is 3.18. The predicted molar refractivity (Wildman–Crippen MR) is 146 cm³/mol. The lowest BCUT2D eigenvalue weighted by Gasteiger charge is -2.26. The molecule has 4 aromatic rings. The second kappa shape index (κ2) is 11.3. The van der Waals surface area contributed by atoms with Crippen molar-refractivity contribution in [2.24, 2.45) is 0 Å². The third-order valence-electron chi connectivity index (χ3n) is 6.57. The highest BCUT2D eigenvalue weighted by molar-refractivity contribution is 6.33. The number of aryl methyl sites for hydroxylation is 1. The molecule has 2 aromatic carbocycles. The normalized spacial score (nSPS) is 14.0. The van der Waals surface area contributed by atoms with Crippen LogP contribution in [-0.2, 0) is 11.3 Å². The van der Waals surface area contributed by atoms with E-state index >= 15 is 0 Å². The average molecular weight is 562 g/mol. The monoisotopic (exact) mass is 561 g/mol. The number of hydrogen-bond donors (Lipinski definition) is 3. The van der Waals surface area contributed by atoms with E-state index in [1.165, 1.54) is 29.3 Å². The first kappa shape index (κ1) is 27.1. The van der Waals surface area contributed by atoms with E-state index in [0.717, 1.165) is 5.56 Å². The van der Waals surface area contributed by atoms with E-state index in [1.54, 1.807) is 50.4 Å². The van der Waals surface area contributed by atoms with Crippen LogP contribution < -0.4 is 10.6 Å². The van der Waals surface area contributed by atoms with Gasteiger partial charge in [0.05, 0.1) is 29.6 Å². The number of carbonyl (C=O) groups is 2. The number of rotatable bonds is 8. The molecule has 0 saturated carbocycles. The summed E-state index contributed by atoms with van der Waals surface area (Å²) in [5, 5.41) is 15.8. The molecule has 0 spiro atoms. The number of aliphatic hydroxyl groups is 1. The van der Waals surface area contributed by atoms with Gasteiger partial charge in [-0.1, -0.05) is 35.9 Å². The number of anilines is 2. The predicted octanol–water partition coefficient (Wildman–Crippen LogP) is 3.97. The summed E-state index contributed by atoms with van der Waals surface area (Å²) in [5.41, 5.74) is 2.63. The van der Waals surface area contributed by atoms with Crippen molar-refractivity contribution in [3.05, 3.63) is 94.3 Å². The quantitative estimate of drug-likeness (QED) is 0.294. The maximum Gasteiger partial charge on any atom is 0.255 e. The molecule has 3 heterocycles. The van der Waals surface area contributed by atoms with E-state index in [4.69, 9.17) is 11.6 Å². The van der Waals surface area contributed by atoms with Crippen molar-refractivity contribution < 1.29 is 19.1 Å². The molecule has 0 unspecified atom stereocenters. The topological polar surface area (TPSA) is 133 Å². The maximum atomic E-state index is 13.7.